The molecule has 0 aliphatic heterocycles. The molecular formula is C19H22N2O4S. The van der Waals surface area contributed by atoms with Crippen LogP contribution < -0.4 is 14.8 Å². The molecule has 0 heterocycles. The summed E-state index contributed by atoms with van der Waals surface area (Å²) < 4.78 is 32.6. The zero-order valence-corrected chi connectivity index (χ0v) is 15.6. The molecule has 7 heteroatoms. The van der Waals surface area contributed by atoms with Crippen molar-refractivity contribution in [2.75, 3.05) is 16.6 Å². The van der Waals surface area contributed by atoms with Gasteiger partial charge in [-0.25, -0.2) is 8.42 Å². The van der Waals surface area contributed by atoms with Crippen LogP contribution in [0.1, 0.15) is 35.7 Å². The van der Waals surface area contributed by atoms with Gasteiger partial charge in [0, 0.05) is 0 Å². The molecule has 3 rings (SSSR count). The number of hydrogen-bond donors (Lipinski definition) is 2. The normalized spacial score (nSPS) is 13.9. The maximum Gasteiger partial charge on any atom is 0.257 e. The van der Waals surface area contributed by atoms with E-state index in [-0.39, 0.29) is 16.5 Å². The molecule has 0 saturated heterocycles. The van der Waals surface area contributed by atoms with Gasteiger partial charge in [0.25, 0.3) is 5.91 Å². The van der Waals surface area contributed by atoms with Crippen LogP contribution in [0.5, 0.6) is 5.75 Å². The Bertz CT molecular complexity index is 921. The molecule has 138 valence electrons. The summed E-state index contributed by atoms with van der Waals surface area (Å²) in [7, 11) is -3.45. The van der Waals surface area contributed by atoms with Crippen molar-refractivity contribution in [3.63, 3.8) is 0 Å². The highest BCUT2D eigenvalue weighted by Crippen LogP contribution is 2.31. The number of rotatable bonds is 7. The maximum absolute atomic E-state index is 12.8. The first kappa shape index (κ1) is 18.3. The zero-order valence-electron chi connectivity index (χ0n) is 14.8. The third-order valence-electron chi connectivity index (χ3n) is 4.07. The highest BCUT2D eigenvalue weighted by molar-refractivity contribution is 7.93. The first-order valence-electron chi connectivity index (χ1n) is 8.56. The lowest BCUT2D eigenvalue weighted by Crippen LogP contribution is -2.21. The highest BCUT2D eigenvalue weighted by atomic mass is 32.2. The van der Waals surface area contributed by atoms with E-state index in [4.69, 9.17) is 4.74 Å². The summed E-state index contributed by atoms with van der Waals surface area (Å²) in [6.07, 6.45) is 1.31. The molecule has 0 radical (unpaired) electrons. The largest absolute Gasteiger partial charge is 0.492 e. The van der Waals surface area contributed by atoms with Crippen LogP contribution in [-0.2, 0) is 10.0 Å². The van der Waals surface area contributed by atoms with E-state index in [2.05, 4.69) is 10.0 Å². The van der Waals surface area contributed by atoms with E-state index >= 15 is 0 Å². The summed E-state index contributed by atoms with van der Waals surface area (Å²) in [5.41, 5.74) is 1.97. The highest BCUT2D eigenvalue weighted by Gasteiger charge is 2.36. The fourth-order valence-electron chi connectivity index (χ4n) is 2.59. The fraction of sp³-hybridized carbons (Fsp3) is 0.316. The number of para-hydroxylation sites is 2. The Kier molecular flexibility index (Phi) is 5.18. The number of sulfonamides is 1. The molecule has 1 amide bonds. The van der Waals surface area contributed by atoms with Gasteiger partial charge in [-0.3, -0.25) is 9.52 Å². The molecule has 2 N–H and O–H groups in total. The van der Waals surface area contributed by atoms with Gasteiger partial charge >= 0.3 is 0 Å². The van der Waals surface area contributed by atoms with Gasteiger partial charge in [0.1, 0.15) is 5.75 Å². The number of carbonyl (C=O) groups is 1. The molecule has 6 nitrogen and oxygen atoms in total. The lowest BCUT2D eigenvalue weighted by atomic mass is 10.1. The Morgan fingerprint density at radius 3 is 2.58 bits per heavy atom. The van der Waals surface area contributed by atoms with Crippen molar-refractivity contribution in [3.8, 4) is 5.75 Å². The fourth-order valence-corrected chi connectivity index (χ4v) is 4.00. The number of nitrogens with one attached hydrogen (secondary N) is 2. The second-order valence-corrected chi connectivity index (χ2v) is 8.24. The van der Waals surface area contributed by atoms with Gasteiger partial charge in [0.2, 0.25) is 10.0 Å². The minimum atomic E-state index is -3.45. The van der Waals surface area contributed by atoms with Crippen molar-refractivity contribution in [1.29, 1.82) is 0 Å². The van der Waals surface area contributed by atoms with E-state index in [1.54, 1.807) is 36.4 Å². The number of carbonyl (C=O) groups excluding carboxylic acids is 1. The molecular weight excluding hydrogens is 352 g/mol. The maximum atomic E-state index is 12.8. The summed E-state index contributed by atoms with van der Waals surface area (Å²) in [5, 5.41) is 2.45. The van der Waals surface area contributed by atoms with Gasteiger partial charge in [0.15, 0.2) is 0 Å². The van der Waals surface area contributed by atoms with Crippen molar-refractivity contribution >= 4 is 27.3 Å². The number of amides is 1. The third-order valence-corrected chi connectivity index (χ3v) is 5.92. The summed E-state index contributed by atoms with van der Waals surface area (Å²) >= 11 is 0. The van der Waals surface area contributed by atoms with Crippen LogP contribution in [0.3, 0.4) is 0 Å². The summed E-state index contributed by atoms with van der Waals surface area (Å²) in [5.74, 6) is 0.172. The minimum Gasteiger partial charge on any atom is -0.492 e. The number of aryl methyl sites for hydroxylation is 1. The average molecular weight is 374 g/mol. The predicted molar refractivity (Wildman–Crippen MR) is 102 cm³/mol. The molecule has 0 aromatic heterocycles. The molecule has 2 aromatic rings. The van der Waals surface area contributed by atoms with Crippen LogP contribution in [-0.4, -0.2) is 26.2 Å². The smallest absolute Gasteiger partial charge is 0.257 e. The van der Waals surface area contributed by atoms with Crippen LogP contribution in [0.15, 0.2) is 42.5 Å². The van der Waals surface area contributed by atoms with Gasteiger partial charge in [-0.15, -0.1) is 0 Å². The van der Waals surface area contributed by atoms with Crippen LogP contribution in [0, 0.1) is 6.92 Å². The van der Waals surface area contributed by atoms with Crippen molar-refractivity contribution in [3.05, 3.63) is 53.6 Å². The van der Waals surface area contributed by atoms with Crippen LogP contribution in [0.25, 0.3) is 0 Å². The molecule has 1 aliphatic carbocycles. The van der Waals surface area contributed by atoms with Crippen molar-refractivity contribution in [1.82, 2.24) is 0 Å². The van der Waals surface area contributed by atoms with E-state index in [9.17, 15) is 13.2 Å². The second kappa shape index (κ2) is 7.37. The van der Waals surface area contributed by atoms with Gasteiger partial charge < -0.3 is 10.1 Å². The number of ether oxygens (including phenoxy) is 1. The van der Waals surface area contributed by atoms with Crippen molar-refractivity contribution < 1.29 is 17.9 Å². The van der Waals surface area contributed by atoms with E-state index in [0.29, 0.717) is 30.9 Å². The van der Waals surface area contributed by atoms with Crippen molar-refractivity contribution in [2.24, 2.45) is 0 Å². The molecule has 0 bridgehead atoms. The summed E-state index contributed by atoms with van der Waals surface area (Å²) in [4.78, 5) is 12.8. The first-order chi connectivity index (χ1) is 12.4. The SMILES string of the molecule is CCOc1ccccc1NC(=O)c1cc(C)ccc1NS(=O)(=O)C1CC1. The Balaban J connectivity index is 1.88. The summed E-state index contributed by atoms with van der Waals surface area (Å²) in [6, 6.07) is 12.2. The lowest BCUT2D eigenvalue weighted by molar-refractivity contribution is 0.102. The Morgan fingerprint density at radius 1 is 1.15 bits per heavy atom. The topological polar surface area (TPSA) is 84.5 Å². The van der Waals surface area contributed by atoms with E-state index < -0.39 is 15.9 Å². The Labute approximate surface area is 153 Å². The number of anilines is 2. The molecule has 0 unspecified atom stereocenters. The molecule has 0 atom stereocenters. The molecule has 26 heavy (non-hydrogen) atoms. The lowest BCUT2D eigenvalue weighted by Gasteiger charge is -2.15. The van der Waals surface area contributed by atoms with Gasteiger partial charge in [-0.05, 0) is 51.0 Å². The van der Waals surface area contributed by atoms with Crippen molar-refractivity contribution in [2.45, 2.75) is 31.9 Å². The van der Waals surface area contributed by atoms with E-state index in [0.717, 1.165) is 5.56 Å². The zero-order chi connectivity index (χ0) is 18.7. The first-order valence-corrected chi connectivity index (χ1v) is 10.1. The Hall–Kier alpha value is -2.54. The van der Waals surface area contributed by atoms with Gasteiger partial charge in [-0.1, -0.05) is 23.8 Å². The third kappa shape index (κ3) is 4.16. The molecule has 1 saturated carbocycles. The van der Waals surface area contributed by atoms with Gasteiger partial charge in [0.05, 0.1) is 28.8 Å². The number of benzene rings is 2. The minimum absolute atomic E-state index is 0.278. The quantitative estimate of drug-likeness (QED) is 0.776. The van der Waals surface area contributed by atoms with E-state index in [1.807, 2.05) is 19.9 Å². The average Bonchev–Trinajstić information content (AvgIpc) is 3.44. The molecule has 1 aliphatic rings. The Morgan fingerprint density at radius 2 is 1.88 bits per heavy atom. The van der Waals surface area contributed by atoms with Crippen LogP contribution >= 0.6 is 0 Å². The monoisotopic (exact) mass is 374 g/mol. The predicted octanol–water partition coefficient (Wildman–Crippen LogP) is 3.55. The molecule has 0 spiro atoms. The second-order valence-electron chi connectivity index (χ2n) is 6.28. The standard InChI is InChI=1S/C19H22N2O4S/c1-3-25-18-7-5-4-6-17(18)20-19(22)15-12-13(2)8-11-16(15)21-26(23,24)14-9-10-14/h4-8,11-12,14,21H,3,9-10H2,1-2H3,(H,20,22). The van der Waals surface area contributed by atoms with Gasteiger partial charge in [-0.2, -0.15) is 0 Å². The van der Waals surface area contributed by atoms with Crippen LogP contribution in [0.4, 0.5) is 11.4 Å². The number of hydrogen-bond acceptors (Lipinski definition) is 4. The van der Waals surface area contributed by atoms with Crippen LogP contribution in [0.2, 0.25) is 0 Å². The van der Waals surface area contributed by atoms with E-state index in [1.165, 1.54) is 0 Å². The molecule has 2 aromatic carbocycles. The summed E-state index contributed by atoms with van der Waals surface area (Å²) in [6.45, 7) is 4.19. The molecule has 1 fully saturated rings.